The number of hydrogen-bond donors (Lipinski definition) is 0. The Morgan fingerprint density at radius 2 is 1.76 bits per heavy atom. The quantitative estimate of drug-likeness (QED) is 0.803. The van der Waals surface area contributed by atoms with Gasteiger partial charge in [0, 0.05) is 32.7 Å². The molecule has 2 heterocycles. The molecule has 0 unspecified atom stereocenters. The van der Waals surface area contributed by atoms with Crippen LogP contribution in [0.2, 0.25) is 0 Å². The normalized spacial score (nSPS) is 17.8. The van der Waals surface area contributed by atoms with Crippen molar-refractivity contribution in [2.45, 2.75) is 46.4 Å². The van der Waals surface area contributed by atoms with Crippen LogP contribution < -0.4 is 4.74 Å². The summed E-state index contributed by atoms with van der Waals surface area (Å²) in [5.41, 5.74) is 1.32. The zero-order valence-electron chi connectivity index (χ0n) is 15.6. The molecule has 25 heavy (non-hydrogen) atoms. The molecule has 1 saturated heterocycles. The SMILES string of the molecule is Cc1noc([C@H](C)N2CCN(Cc3ccc(OC(C)C)cc3)CC2)n1. The summed E-state index contributed by atoms with van der Waals surface area (Å²) in [5, 5.41) is 3.89. The first-order valence-corrected chi connectivity index (χ1v) is 9.03. The van der Waals surface area contributed by atoms with E-state index in [9.17, 15) is 0 Å². The Morgan fingerprint density at radius 1 is 1.08 bits per heavy atom. The second kappa shape index (κ2) is 7.97. The summed E-state index contributed by atoms with van der Waals surface area (Å²) in [7, 11) is 0. The van der Waals surface area contributed by atoms with Crippen molar-refractivity contribution in [3.63, 3.8) is 0 Å². The van der Waals surface area contributed by atoms with Crippen molar-refractivity contribution in [1.82, 2.24) is 19.9 Å². The van der Waals surface area contributed by atoms with Gasteiger partial charge in [0.05, 0.1) is 12.1 Å². The van der Waals surface area contributed by atoms with Gasteiger partial charge in [-0.2, -0.15) is 4.98 Å². The smallest absolute Gasteiger partial charge is 0.243 e. The number of rotatable bonds is 6. The molecular weight excluding hydrogens is 316 g/mol. The average Bonchev–Trinajstić information content (AvgIpc) is 3.03. The maximum atomic E-state index is 5.70. The van der Waals surface area contributed by atoms with E-state index in [1.165, 1.54) is 5.56 Å². The Bertz CT molecular complexity index is 660. The maximum absolute atomic E-state index is 5.70. The number of nitrogens with zero attached hydrogens (tertiary/aromatic N) is 4. The van der Waals surface area contributed by atoms with Crippen LogP contribution in [0.15, 0.2) is 28.8 Å². The van der Waals surface area contributed by atoms with E-state index in [4.69, 9.17) is 9.26 Å². The number of hydrogen-bond acceptors (Lipinski definition) is 6. The van der Waals surface area contributed by atoms with Crippen LogP contribution in [-0.2, 0) is 6.54 Å². The number of ether oxygens (including phenoxy) is 1. The van der Waals surface area contributed by atoms with E-state index < -0.39 is 0 Å². The Morgan fingerprint density at radius 3 is 2.32 bits per heavy atom. The molecule has 0 amide bonds. The molecule has 1 aliphatic rings. The van der Waals surface area contributed by atoms with E-state index in [-0.39, 0.29) is 12.1 Å². The fraction of sp³-hybridized carbons (Fsp3) is 0.579. The minimum absolute atomic E-state index is 0.177. The van der Waals surface area contributed by atoms with Crippen LogP contribution >= 0.6 is 0 Å². The largest absolute Gasteiger partial charge is 0.491 e. The van der Waals surface area contributed by atoms with Crippen molar-refractivity contribution < 1.29 is 9.26 Å². The van der Waals surface area contributed by atoms with Gasteiger partial charge in [-0.15, -0.1) is 0 Å². The molecule has 136 valence electrons. The standard InChI is InChI=1S/C19H28N4O2/c1-14(2)24-18-7-5-17(6-8-18)13-22-9-11-23(12-10-22)15(3)19-20-16(4)21-25-19/h5-8,14-15H,9-13H2,1-4H3/t15-/m0/s1. The topological polar surface area (TPSA) is 54.6 Å². The lowest BCUT2D eigenvalue weighted by molar-refractivity contribution is 0.0845. The van der Waals surface area contributed by atoms with Gasteiger partial charge < -0.3 is 9.26 Å². The second-order valence-corrected chi connectivity index (χ2v) is 6.98. The summed E-state index contributed by atoms with van der Waals surface area (Å²) in [5.74, 6) is 2.35. The van der Waals surface area contributed by atoms with E-state index in [2.05, 4.69) is 51.1 Å². The predicted octanol–water partition coefficient (Wildman–Crippen LogP) is 3.04. The minimum Gasteiger partial charge on any atom is -0.491 e. The third kappa shape index (κ3) is 4.80. The van der Waals surface area contributed by atoms with Crippen LogP contribution in [0.4, 0.5) is 0 Å². The van der Waals surface area contributed by atoms with Gasteiger partial charge in [-0.3, -0.25) is 9.80 Å². The molecule has 2 aromatic rings. The van der Waals surface area contributed by atoms with Crippen molar-refractivity contribution in [3.8, 4) is 5.75 Å². The van der Waals surface area contributed by atoms with Crippen molar-refractivity contribution in [2.24, 2.45) is 0 Å². The van der Waals surface area contributed by atoms with Crippen LogP contribution in [0, 0.1) is 6.92 Å². The molecule has 1 aromatic heterocycles. The van der Waals surface area contributed by atoms with Gasteiger partial charge in [-0.1, -0.05) is 17.3 Å². The van der Waals surface area contributed by atoms with Crippen LogP contribution in [0.3, 0.4) is 0 Å². The molecule has 0 radical (unpaired) electrons. The zero-order valence-corrected chi connectivity index (χ0v) is 15.6. The second-order valence-electron chi connectivity index (χ2n) is 6.98. The molecule has 0 aliphatic carbocycles. The molecule has 1 fully saturated rings. The van der Waals surface area contributed by atoms with E-state index >= 15 is 0 Å². The first-order valence-electron chi connectivity index (χ1n) is 9.03. The molecule has 0 N–H and O–H groups in total. The van der Waals surface area contributed by atoms with Crippen molar-refractivity contribution in [2.75, 3.05) is 26.2 Å². The summed E-state index contributed by atoms with van der Waals surface area (Å²) in [4.78, 5) is 9.25. The van der Waals surface area contributed by atoms with Gasteiger partial charge in [-0.25, -0.2) is 0 Å². The first-order chi connectivity index (χ1) is 12.0. The highest BCUT2D eigenvalue weighted by Gasteiger charge is 2.25. The van der Waals surface area contributed by atoms with E-state index in [0.717, 1.165) is 38.5 Å². The average molecular weight is 344 g/mol. The highest BCUT2D eigenvalue weighted by Crippen LogP contribution is 2.21. The monoisotopic (exact) mass is 344 g/mol. The fourth-order valence-corrected chi connectivity index (χ4v) is 3.15. The third-order valence-electron chi connectivity index (χ3n) is 4.56. The molecule has 1 atom stereocenters. The maximum Gasteiger partial charge on any atom is 0.243 e. The Labute approximate surface area is 149 Å². The van der Waals surface area contributed by atoms with Crippen molar-refractivity contribution >= 4 is 0 Å². The van der Waals surface area contributed by atoms with Crippen LogP contribution in [-0.4, -0.2) is 52.2 Å². The summed E-state index contributed by atoms with van der Waals surface area (Å²) in [6, 6.07) is 8.62. The third-order valence-corrected chi connectivity index (χ3v) is 4.56. The summed E-state index contributed by atoms with van der Waals surface area (Å²) < 4.78 is 11.0. The molecule has 0 spiro atoms. The van der Waals surface area contributed by atoms with E-state index in [1.54, 1.807) is 0 Å². The zero-order chi connectivity index (χ0) is 17.8. The van der Waals surface area contributed by atoms with Gasteiger partial charge in [0.25, 0.3) is 0 Å². The van der Waals surface area contributed by atoms with Crippen LogP contribution in [0.25, 0.3) is 0 Å². The number of benzene rings is 1. The number of aromatic nitrogens is 2. The Kier molecular flexibility index (Phi) is 5.71. The van der Waals surface area contributed by atoms with Gasteiger partial charge in [0.15, 0.2) is 5.82 Å². The molecule has 6 heteroatoms. The molecule has 6 nitrogen and oxygen atoms in total. The van der Waals surface area contributed by atoms with Gasteiger partial charge >= 0.3 is 0 Å². The Hall–Kier alpha value is -1.92. The van der Waals surface area contributed by atoms with Crippen molar-refractivity contribution in [3.05, 3.63) is 41.5 Å². The molecule has 1 aromatic carbocycles. The van der Waals surface area contributed by atoms with Gasteiger partial charge in [0.2, 0.25) is 5.89 Å². The predicted molar refractivity (Wildman–Crippen MR) is 96.5 cm³/mol. The summed E-state index contributed by atoms with van der Waals surface area (Å²) in [6.07, 6.45) is 0.212. The van der Waals surface area contributed by atoms with Crippen LogP contribution in [0.5, 0.6) is 5.75 Å². The summed E-state index contributed by atoms with van der Waals surface area (Å²) >= 11 is 0. The number of piperazine rings is 1. The molecule has 0 saturated carbocycles. The summed E-state index contributed by atoms with van der Waals surface area (Å²) in [6.45, 7) is 13.2. The highest BCUT2D eigenvalue weighted by molar-refractivity contribution is 5.27. The highest BCUT2D eigenvalue weighted by atomic mass is 16.5. The van der Waals surface area contributed by atoms with Gasteiger partial charge in [-0.05, 0) is 45.4 Å². The van der Waals surface area contributed by atoms with E-state index in [1.807, 2.05) is 20.8 Å². The van der Waals surface area contributed by atoms with E-state index in [0.29, 0.717) is 11.7 Å². The van der Waals surface area contributed by atoms with Crippen molar-refractivity contribution in [1.29, 1.82) is 0 Å². The lowest BCUT2D eigenvalue weighted by Gasteiger charge is -2.36. The fourth-order valence-electron chi connectivity index (χ4n) is 3.15. The molecule has 1 aliphatic heterocycles. The van der Waals surface area contributed by atoms with Crippen LogP contribution in [0.1, 0.15) is 44.1 Å². The lowest BCUT2D eigenvalue weighted by atomic mass is 10.1. The number of aryl methyl sites for hydroxylation is 1. The molecule has 3 rings (SSSR count). The lowest BCUT2D eigenvalue weighted by Crippen LogP contribution is -2.46. The Balaban J connectivity index is 1.49. The molecule has 0 bridgehead atoms. The molecular formula is C19H28N4O2. The van der Waals surface area contributed by atoms with Gasteiger partial charge in [0.1, 0.15) is 5.75 Å². The minimum atomic E-state index is 0.177. The first kappa shape index (κ1) is 17.9.